The number of rotatable bonds is 2. The van der Waals surface area contributed by atoms with Gasteiger partial charge in [-0.15, -0.1) is 0 Å². The summed E-state index contributed by atoms with van der Waals surface area (Å²) >= 11 is 0. The summed E-state index contributed by atoms with van der Waals surface area (Å²) in [5, 5.41) is 12.2. The Kier molecular flexibility index (Phi) is 3.93. The maximum atomic E-state index is 12.2. The monoisotopic (exact) mass is 273 g/mol. The molecule has 0 saturated heterocycles. The summed E-state index contributed by atoms with van der Waals surface area (Å²) in [4.78, 5) is 23.8. The number of nitriles is 1. The molecule has 1 saturated carbocycles. The fraction of sp³-hybridized carbons (Fsp3) is 0.533. The van der Waals surface area contributed by atoms with Gasteiger partial charge in [0.1, 0.15) is 5.54 Å². The van der Waals surface area contributed by atoms with Crippen molar-refractivity contribution in [1.29, 1.82) is 5.26 Å². The van der Waals surface area contributed by atoms with Gasteiger partial charge in [-0.1, -0.05) is 6.92 Å². The molecule has 0 unspecified atom stereocenters. The Bertz CT molecular complexity index is 604. The highest BCUT2D eigenvalue weighted by Crippen LogP contribution is 2.31. The summed E-state index contributed by atoms with van der Waals surface area (Å²) in [5.41, 5.74) is -0.715. The summed E-state index contributed by atoms with van der Waals surface area (Å²) in [5.74, 6) is 0.246. The van der Waals surface area contributed by atoms with Crippen LogP contribution in [0.2, 0.25) is 0 Å². The van der Waals surface area contributed by atoms with Crippen LogP contribution < -0.4 is 10.9 Å². The maximum Gasteiger partial charge on any atom is 0.252 e. The number of nitrogens with one attached hydrogen (secondary N) is 1. The van der Waals surface area contributed by atoms with E-state index >= 15 is 0 Å². The van der Waals surface area contributed by atoms with E-state index in [1.165, 1.54) is 10.6 Å². The second kappa shape index (κ2) is 5.49. The molecule has 0 bridgehead atoms. The Hall–Kier alpha value is -2.09. The number of carbonyl (C=O) groups excluding carboxylic acids is 1. The summed E-state index contributed by atoms with van der Waals surface area (Å²) in [7, 11) is 1.63. The smallest absolute Gasteiger partial charge is 0.252 e. The molecule has 1 N–H and O–H groups in total. The molecule has 5 heteroatoms. The number of carbonyl (C=O) groups is 1. The molecule has 0 radical (unpaired) electrons. The van der Waals surface area contributed by atoms with Gasteiger partial charge in [0.15, 0.2) is 0 Å². The predicted octanol–water partition coefficient (Wildman–Crippen LogP) is 1.59. The zero-order valence-electron chi connectivity index (χ0n) is 11.8. The lowest BCUT2D eigenvalue weighted by atomic mass is 9.78. The fourth-order valence-electron chi connectivity index (χ4n) is 2.50. The van der Waals surface area contributed by atoms with Crippen molar-refractivity contribution in [3.05, 3.63) is 34.2 Å². The van der Waals surface area contributed by atoms with E-state index in [9.17, 15) is 14.9 Å². The van der Waals surface area contributed by atoms with Crippen molar-refractivity contribution in [3.8, 4) is 6.07 Å². The van der Waals surface area contributed by atoms with Crippen molar-refractivity contribution in [2.75, 3.05) is 0 Å². The number of nitrogens with zero attached hydrogens (tertiary/aromatic N) is 2. The minimum Gasteiger partial charge on any atom is -0.334 e. The topological polar surface area (TPSA) is 74.9 Å². The normalized spacial score (nSPS) is 25.8. The Balaban J connectivity index is 2.15. The molecular formula is C15H19N3O2. The van der Waals surface area contributed by atoms with Crippen LogP contribution in [0.4, 0.5) is 0 Å². The summed E-state index contributed by atoms with van der Waals surface area (Å²) < 4.78 is 1.40. The first-order valence-electron chi connectivity index (χ1n) is 6.86. The molecule has 1 aromatic rings. The van der Waals surface area contributed by atoms with Crippen LogP contribution in [-0.2, 0) is 7.05 Å². The zero-order chi connectivity index (χ0) is 14.8. The van der Waals surface area contributed by atoms with Gasteiger partial charge in [0, 0.05) is 24.9 Å². The second-order valence-corrected chi connectivity index (χ2v) is 5.70. The molecule has 1 fully saturated rings. The molecule has 0 aromatic carbocycles. The molecule has 2 rings (SSSR count). The Morgan fingerprint density at radius 3 is 2.70 bits per heavy atom. The molecule has 106 valence electrons. The zero-order valence-corrected chi connectivity index (χ0v) is 11.8. The van der Waals surface area contributed by atoms with Crippen molar-refractivity contribution in [3.63, 3.8) is 0 Å². The first kappa shape index (κ1) is 14.3. The summed E-state index contributed by atoms with van der Waals surface area (Å²) in [6.07, 6.45) is 4.76. The minimum atomic E-state index is -0.787. The van der Waals surface area contributed by atoms with Crippen LogP contribution in [0.15, 0.2) is 23.1 Å². The Labute approximate surface area is 118 Å². The van der Waals surface area contributed by atoms with Gasteiger partial charge >= 0.3 is 0 Å². The van der Waals surface area contributed by atoms with E-state index in [0.717, 1.165) is 12.8 Å². The highest BCUT2D eigenvalue weighted by Gasteiger charge is 2.35. The van der Waals surface area contributed by atoms with Crippen LogP contribution in [0.5, 0.6) is 0 Å². The molecule has 0 atom stereocenters. The van der Waals surface area contributed by atoms with Gasteiger partial charge in [-0.05, 0) is 37.7 Å². The lowest BCUT2D eigenvalue weighted by molar-refractivity contribution is 0.0893. The van der Waals surface area contributed by atoms with E-state index in [1.807, 2.05) is 0 Å². The molecule has 20 heavy (non-hydrogen) atoms. The molecule has 1 aliphatic rings. The third-order valence-corrected chi connectivity index (χ3v) is 4.06. The molecule has 1 amide bonds. The van der Waals surface area contributed by atoms with E-state index in [-0.39, 0.29) is 11.5 Å². The second-order valence-electron chi connectivity index (χ2n) is 5.70. The first-order valence-corrected chi connectivity index (χ1v) is 6.86. The predicted molar refractivity (Wildman–Crippen MR) is 75.1 cm³/mol. The largest absolute Gasteiger partial charge is 0.334 e. The van der Waals surface area contributed by atoms with Gasteiger partial charge in [-0.2, -0.15) is 5.26 Å². The molecule has 1 heterocycles. The molecule has 1 aromatic heterocycles. The van der Waals surface area contributed by atoms with Gasteiger partial charge < -0.3 is 9.88 Å². The van der Waals surface area contributed by atoms with Crippen LogP contribution in [0.25, 0.3) is 0 Å². The minimum absolute atomic E-state index is 0.235. The van der Waals surface area contributed by atoms with Crippen molar-refractivity contribution in [1.82, 2.24) is 9.88 Å². The lowest BCUT2D eigenvalue weighted by Crippen LogP contribution is -2.49. The SMILES string of the molecule is CC1CCC(C#N)(NC(=O)c2ccn(C)c(=O)c2)CC1. The number of hydrogen-bond acceptors (Lipinski definition) is 3. The molecule has 1 aliphatic carbocycles. The molecule has 0 aliphatic heterocycles. The van der Waals surface area contributed by atoms with Gasteiger partial charge in [-0.25, -0.2) is 0 Å². The number of pyridine rings is 1. The Morgan fingerprint density at radius 1 is 1.50 bits per heavy atom. The van der Waals surface area contributed by atoms with Crippen LogP contribution in [0.3, 0.4) is 0 Å². The van der Waals surface area contributed by atoms with Crippen LogP contribution in [-0.4, -0.2) is 16.0 Å². The molecule has 0 spiro atoms. The number of hydrogen-bond donors (Lipinski definition) is 1. The highest BCUT2D eigenvalue weighted by molar-refractivity contribution is 5.94. The third kappa shape index (κ3) is 2.90. The van der Waals surface area contributed by atoms with Crippen molar-refractivity contribution in [2.24, 2.45) is 13.0 Å². The van der Waals surface area contributed by atoms with Gasteiger partial charge in [0.25, 0.3) is 11.5 Å². The van der Waals surface area contributed by atoms with E-state index in [0.29, 0.717) is 24.3 Å². The van der Waals surface area contributed by atoms with E-state index in [4.69, 9.17) is 0 Å². The molecular weight excluding hydrogens is 254 g/mol. The van der Waals surface area contributed by atoms with Crippen molar-refractivity contribution < 1.29 is 4.79 Å². The van der Waals surface area contributed by atoms with E-state index in [2.05, 4.69) is 18.3 Å². The fourth-order valence-corrected chi connectivity index (χ4v) is 2.50. The van der Waals surface area contributed by atoms with Crippen LogP contribution in [0.1, 0.15) is 43.0 Å². The number of aromatic nitrogens is 1. The average molecular weight is 273 g/mol. The number of amides is 1. The van der Waals surface area contributed by atoms with E-state index < -0.39 is 5.54 Å². The lowest BCUT2D eigenvalue weighted by Gasteiger charge is -2.34. The molecule has 5 nitrogen and oxygen atoms in total. The number of aryl methyl sites for hydroxylation is 1. The standard InChI is InChI=1S/C15H19N3O2/c1-11-3-6-15(10-16,7-4-11)17-14(20)12-5-8-18(2)13(19)9-12/h5,8-9,11H,3-4,6-7H2,1-2H3,(H,17,20). The average Bonchev–Trinajstić information content (AvgIpc) is 2.44. The van der Waals surface area contributed by atoms with Gasteiger partial charge in [0.05, 0.1) is 6.07 Å². The van der Waals surface area contributed by atoms with Crippen molar-refractivity contribution in [2.45, 2.75) is 38.1 Å². The quantitative estimate of drug-likeness (QED) is 0.889. The maximum absolute atomic E-state index is 12.2. The van der Waals surface area contributed by atoms with Crippen molar-refractivity contribution >= 4 is 5.91 Å². The van der Waals surface area contributed by atoms with Crippen LogP contribution >= 0.6 is 0 Å². The Morgan fingerprint density at radius 2 is 2.15 bits per heavy atom. The van der Waals surface area contributed by atoms with Crippen LogP contribution in [0, 0.1) is 17.2 Å². The first-order chi connectivity index (χ1) is 9.46. The van der Waals surface area contributed by atoms with Gasteiger partial charge in [-0.3, -0.25) is 9.59 Å². The summed E-state index contributed by atoms with van der Waals surface area (Å²) in [6.45, 7) is 2.16. The summed E-state index contributed by atoms with van der Waals surface area (Å²) in [6, 6.07) is 5.14. The third-order valence-electron chi connectivity index (χ3n) is 4.06. The highest BCUT2D eigenvalue weighted by atomic mass is 16.2. The van der Waals surface area contributed by atoms with Gasteiger partial charge in [0.2, 0.25) is 0 Å². The van der Waals surface area contributed by atoms with E-state index in [1.54, 1.807) is 19.3 Å².